The fraction of sp³-hybridized carbons (Fsp3) is 0.190. The third-order valence-electron chi connectivity index (χ3n) is 3.81. The van der Waals surface area contributed by atoms with Crippen LogP contribution in [0.1, 0.15) is 26.3 Å². The van der Waals surface area contributed by atoms with E-state index < -0.39 is 0 Å². The van der Waals surface area contributed by atoms with E-state index in [0.29, 0.717) is 0 Å². The maximum atomic E-state index is 4.62. The second-order valence-electron chi connectivity index (χ2n) is 6.54. The van der Waals surface area contributed by atoms with Crippen LogP contribution in [0.25, 0.3) is 22.4 Å². The molecule has 0 N–H and O–H groups in total. The second kappa shape index (κ2) is 7.21. The van der Waals surface area contributed by atoms with Gasteiger partial charge in [-0.1, -0.05) is 63.2 Å². The minimum Gasteiger partial charge on any atom is -0.304 e. The molecule has 3 rings (SSSR count). The third-order valence-corrected chi connectivity index (χ3v) is 3.81. The van der Waals surface area contributed by atoms with Crippen molar-refractivity contribution in [3.05, 3.63) is 78.5 Å². The smallest absolute Gasteiger partial charge is 0.0198 e. The molecule has 0 aliphatic carbocycles. The van der Waals surface area contributed by atoms with Gasteiger partial charge in [0.25, 0.3) is 0 Å². The van der Waals surface area contributed by atoms with Gasteiger partial charge in [0, 0.05) is 26.3 Å². The monoisotopic (exact) mass is 479 g/mol. The van der Waals surface area contributed by atoms with Crippen molar-refractivity contribution >= 4 is 0 Å². The van der Waals surface area contributed by atoms with Gasteiger partial charge in [0.15, 0.2) is 0 Å². The zero-order valence-corrected chi connectivity index (χ0v) is 16.0. The quantitative estimate of drug-likeness (QED) is 0.443. The summed E-state index contributed by atoms with van der Waals surface area (Å²) in [4.78, 5) is 4.62. The zero-order valence-electron chi connectivity index (χ0n) is 13.6. The van der Waals surface area contributed by atoms with E-state index in [9.17, 15) is 0 Å². The number of benzene rings is 2. The Morgan fingerprint density at radius 2 is 1.61 bits per heavy atom. The van der Waals surface area contributed by atoms with Crippen molar-refractivity contribution in [3.63, 3.8) is 0 Å². The number of rotatable bonds is 2. The van der Waals surface area contributed by atoms with E-state index in [1.807, 2.05) is 18.3 Å². The summed E-state index contributed by atoms with van der Waals surface area (Å²) in [6, 6.07) is 24.1. The van der Waals surface area contributed by atoms with E-state index >= 15 is 0 Å². The van der Waals surface area contributed by atoms with Gasteiger partial charge in [0.1, 0.15) is 0 Å². The Morgan fingerprint density at radius 3 is 2.22 bits per heavy atom. The van der Waals surface area contributed by atoms with E-state index in [4.69, 9.17) is 0 Å². The maximum absolute atomic E-state index is 4.62. The zero-order chi connectivity index (χ0) is 15.6. The Balaban J connectivity index is 0.00000192. The molecule has 2 heteroatoms. The van der Waals surface area contributed by atoms with Crippen molar-refractivity contribution in [1.82, 2.24) is 4.98 Å². The molecular weight excluding hydrogens is 458 g/mol. The van der Waals surface area contributed by atoms with Crippen LogP contribution in [0.15, 0.2) is 66.9 Å². The van der Waals surface area contributed by atoms with Gasteiger partial charge in [-0.3, -0.25) is 0 Å². The molecule has 0 atom stereocenters. The van der Waals surface area contributed by atoms with E-state index in [1.165, 1.54) is 16.7 Å². The van der Waals surface area contributed by atoms with Gasteiger partial charge in [-0.15, -0.1) is 35.4 Å². The molecule has 0 fully saturated rings. The number of hydrogen-bond donors (Lipinski definition) is 0. The van der Waals surface area contributed by atoms with Crippen LogP contribution in [0, 0.1) is 6.07 Å². The third kappa shape index (κ3) is 4.16. The maximum Gasteiger partial charge on any atom is 0.0198 e. The summed E-state index contributed by atoms with van der Waals surface area (Å²) in [5.74, 6) is 0. The van der Waals surface area contributed by atoms with Crippen molar-refractivity contribution in [2.45, 2.75) is 26.2 Å². The summed E-state index contributed by atoms with van der Waals surface area (Å²) in [5.41, 5.74) is 5.77. The van der Waals surface area contributed by atoms with Crippen molar-refractivity contribution in [1.29, 1.82) is 0 Å². The van der Waals surface area contributed by atoms with Gasteiger partial charge in [0.05, 0.1) is 0 Å². The van der Waals surface area contributed by atoms with Crippen LogP contribution in [0.4, 0.5) is 0 Å². The molecule has 1 heterocycles. The molecule has 1 nitrogen and oxygen atoms in total. The first kappa shape index (κ1) is 17.6. The fourth-order valence-corrected chi connectivity index (χ4v) is 2.42. The molecule has 1 aromatic heterocycles. The SMILES string of the molecule is CC(C)(C)c1ccc(-c2[c-]ccc(-c3ccccc3)c2)nc1.[Ir]. The van der Waals surface area contributed by atoms with Crippen molar-refractivity contribution in [3.8, 4) is 22.4 Å². The standard InChI is InChI=1S/C21H20N.Ir/c1-21(2,3)19-12-13-20(22-15-19)18-11-7-10-17(14-18)16-8-5-4-6-9-16;/h4-10,12-15H,1-3H3;/q-1;. The molecule has 0 amide bonds. The van der Waals surface area contributed by atoms with Crippen LogP contribution in [0.5, 0.6) is 0 Å². The molecule has 0 spiro atoms. The minimum absolute atomic E-state index is 0. The molecule has 119 valence electrons. The van der Waals surface area contributed by atoms with Crippen LogP contribution in [0.2, 0.25) is 0 Å². The number of hydrogen-bond acceptors (Lipinski definition) is 1. The molecule has 0 unspecified atom stereocenters. The summed E-state index contributed by atoms with van der Waals surface area (Å²) in [5, 5.41) is 0. The van der Waals surface area contributed by atoms with Gasteiger partial charge in [-0.25, -0.2) is 0 Å². The molecular formula is C21H20IrN-. The largest absolute Gasteiger partial charge is 0.304 e. The number of aromatic nitrogens is 1. The summed E-state index contributed by atoms with van der Waals surface area (Å²) in [7, 11) is 0. The van der Waals surface area contributed by atoms with Crippen LogP contribution < -0.4 is 0 Å². The van der Waals surface area contributed by atoms with Crippen molar-refractivity contribution in [2.75, 3.05) is 0 Å². The second-order valence-corrected chi connectivity index (χ2v) is 6.54. The summed E-state index contributed by atoms with van der Waals surface area (Å²) >= 11 is 0. The Hall–Kier alpha value is -1.76. The van der Waals surface area contributed by atoms with Gasteiger partial charge >= 0.3 is 0 Å². The minimum atomic E-state index is 0. The normalized spacial score (nSPS) is 10.9. The predicted octanol–water partition coefficient (Wildman–Crippen LogP) is 5.51. The summed E-state index contributed by atoms with van der Waals surface area (Å²) < 4.78 is 0. The number of pyridine rings is 1. The molecule has 0 bridgehead atoms. The Labute approximate surface area is 152 Å². The fourth-order valence-electron chi connectivity index (χ4n) is 2.42. The van der Waals surface area contributed by atoms with E-state index in [1.54, 1.807) is 0 Å². The topological polar surface area (TPSA) is 12.9 Å². The van der Waals surface area contributed by atoms with Crippen molar-refractivity contribution in [2.24, 2.45) is 0 Å². The Morgan fingerprint density at radius 1 is 0.870 bits per heavy atom. The average molecular weight is 479 g/mol. The van der Waals surface area contributed by atoms with E-state index in [-0.39, 0.29) is 25.5 Å². The molecule has 3 aromatic rings. The van der Waals surface area contributed by atoms with Gasteiger partial charge < -0.3 is 4.98 Å². The van der Waals surface area contributed by atoms with Crippen LogP contribution >= 0.6 is 0 Å². The average Bonchev–Trinajstić information content (AvgIpc) is 2.55. The predicted molar refractivity (Wildman–Crippen MR) is 92.6 cm³/mol. The van der Waals surface area contributed by atoms with Gasteiger partial charge in [-0.05, 0) is 22.2 Å². The molecule has 0 aliphatic rings. The van der Waals surface area contributed by atoms with Crippen LogP contribution in [-0.4, -0.2) is 4.98 Å². The van der Waals surface area contributed by atoms with Crippen LogP contribution in [0.3, 0.4) is 0 Å². The van der Waals surface area contributed by atoms with Gasteiger partial charge in [0.2, 0.25) is 0 Å². The van der Waals surface area contributed by atoms with Crippen molar-refractivity contribution < 1.29 is 20.1 Å². The Kier molecular flexibility index (Phi) is 5.51. The van der Waals surface area contributed by atoms with Crippen LogP contribution in [-0.2, 0) is 25.5 Å². The Bertz CT molecular complexity index is 756. The van der Waals surface area contributed by atoms with Gasteiger partial charge in [-0.2, -0.15) is 0 Å². The molecule has 2 aromatic carbocycles. The van der Waals surface area contributed by atoms with E-state index in [2.05, 4.69) is 80.4 Å². The first-order valence-electron chi connectivity index (χ1n) is 7.58. The molecule has 0 saturated carbocycles. The molecule has 1 radical (unpaired) electrons. The molecule has 0 aliphatic heterocycles. The molecule has 23 heavy (non-hydrogen) atoms. The number of nitrogens with zero attached hydrogens (tertiary/aromatic N) is 1. The first-order chi connectivity index (χ1) is 10.5. The first-order valence-corrected chi connectivity index (χ1v) is 7.58. The molecule has 0 saturated heterocycles. The van der Waals surface area contributed by atoms with E-state index in [0.717, 1.165) is 11.3 Å². The summed E-state index contributed by atoms with van der Waals surface area (Å²) in [6.07, 6.45) is 1.97. The summed E-state index contributed by atoms with van der Waals surface area (Å²) in [6.45, 7) is 6.60.